The van der Waals surface area contributed by atoms with Crippen molar-refractivity contribution in [3.8, 4) is 0 Å². The zero-order valence-corrected chi connectivity index (χ0v) is 12.7. The predicted molar refractivity (Wildman–Crippen MR) is 79.2 cm³/mol. The first-order valence-corrected chi connectivity index (χ1v) is 7.96. The fraction of sp³-hybridized carbons (Fsp3) is 0.750. The molecule has 0 aromatic carbocycles. The van der Waals surface area contributed by atoms with Gasteiger partial charge in [-0.2, -0.15) is 0 Å². The molecular formula is C16H26N2O2. The van der Waals surface area contributed by atoms with Crippen LogP contribution in [0, 0.1) is 0 Å². The lowest BCUT2D eigenvalue weighted by molar-refractivity contribution is -0.149. The topological polar surface area (TPSA) is 49.4 Å². The van der Waals surface area contributed by atoms with Gasteiger partial charge in [0.15, 0.2) is 0 Å². The number of rotatable bonds is 5. The number of piperazine rings is 1. The third-order valence-electron chi connectivity index (χ3n) is 4.43. The zero-order valence-electron chi connectivity index (χ0n) is 12.7. The van der Waals surface area contributed by atoms with Crippen LogP contribution in [0.4, 0.5) is 0 Å². The van der Waals surface area contributed by atoms with E-state index in [1.54, 1.807) is 0 Å². The second-order valence-corrected chi connectivity index (χ2v) is 5.78. The van der Waals surface area contributed by atoms with Gasteiger partial charge in [0.25, 0.3) is 0 Å². The molecule has 2 rings (SSSR count). The van der Waals surface area contributed by atoms with Gasteiger partial charge in [-0.1, -0.05) is 25.5 Å². The maximum Gasteiger partial charge on any atom is 0.245 e. The van der Waals surface area contributed by atoms with E-state index in [-0.39, 0.29) is 23.9 Å². The molecule has 2 amide bonds. The normalized spacial score (nSPS) is 27.3. The molecule has 0 aromatic rings. The molecule has 0 saturated carbocycles. The van der Waals surface area contributed by atoms with Crippen LogP contribution in [0.2, 0.25) is 0 Å². The molecule has 112 valence electrons. The van der Waals surface area contributed by atoms with Crippen molar-refractivity contribution in [2.24, 2.45) is 0 Å². The van der Waals surface area contributed by atoms with E-state index in [0.29, 0.717) is 19.4 Å². The minimum absolute atomic E-state index is 0.0107. The van der Waals surface area contributed by atoms with Crippen LogP contribution in [0.5, 0.6) is 0 Å². The monoisotopic (exact) mass is 278 g/mol. The SMILES string of the molecule is CCC1NC(=O)C(CC)N(CCC2=CCCCC2)C1=O. The smallest absolute Gasteiger partial charge is 0.245 e. The summed E-state index contributed by atoms with van der Waals surface area (Å²) in [5, 5.41) is 2.84. The van der Waals surface area contributed by atoms with Crippen LogP contribution in [0.15, 0.2) is 11.6 Å². The van der Waals surface area contributed by atoms with E-state index in [9.17, 15) is 9.59 Å². The summed E-state index contributed by atoms with van der Waals surface area (Å²) in [7, 11) is 0. The van der Waals surface area contributed by atoms with Crippen molar-refractivity contribution in [2.75, 3.05) is 6.54 Å². The summed E-state index contributed by atoms with van der Waals surface area (Å²) in [6.07, 6.45) is 9.45. The van der Waals surface area contributed by atoms with Crippen molar-refractivity contribution in [2.45, 2.75) is 70.9 Å². The third-order valence-corrected chi connectivity index (χ3v) is 4.43. The van der Waals surface area contributed by atoms with E-state index < -0.39 is 0 Å². The van der Waals surface area contributed by atoms with Crippen molar-refractivity contribution in [3.05, 3.63) is 11.6 Å². The highest BCUT2D eigenvalue weighted by molar-refractivity contribution is 5.96. The average molecular weight is 278 g/mol. The zero-order chi connectivity index (χ0) is 14.5. The van der Waals surface area contributed by atoms with Gasteiger partial charge in [-0.05, 0) is 44.9 Å². The second-order valence-electron chi connectivity index (χ2n) is 5.78. The molecule has 4 nitrogen and oxygen atoms in total. The van der Waals surface area contributed by atoms with Gasteiger partial charge < -0.3 is 10.2 Å². The number of hydrogen-bond donors (Lipinski definition) is 1. The first kappa shape index (κ1) is 15.1. The van der Waals surface area contributed by atoms with Crippen molar-refractivity contribution in [1.29, 1.82) is 0 Å². The van der Waals surface area contributed by atoms with Gasteiger partial charge in [0.05, 0.1) is 0 Å². The summed E-state index contributed by atoms with van der Waals surface area (Å²) in [4.78, 5) is 26.3. The summed E-state index contributed by atoms with van der Waals surface area (Å²) in [6, 6.07) is -0.611. The van der Waals surface area contributed by atoms with Crippen LogP contribution in [0.25, 0.3) is 0 Å². The summed E-state index contributed by atoms with van der Waals surface area (Å²) >= 11 is 0. The van der Waals surface area contributed by atoms with Gasteiger partial charge in [0.1, 0.15) is 12.1 Å². The number of nitrogens with zero attached hydrogens (tertiary/aromatic N) is 1. The van der Waals surface area contributed by atoms with Crippen LogP contribution in [-0.4, -0.2) is 35.3 Å². The van der Waals surface area contributed by atoms with E-state index in [1.807, 2.05) is 18.7 Å². The third kappa shape index (κ3) is 3.22. The quantitative estimate of drug-likeness (QED) is 0.785. The predicted octanol–water partition coefficient (Wildman–Crippen LogP) is 2.39. The molecule has 1 N–H and O–H groups in total. The molecule has 0 bridgehead atoms. The van der Waals surface area contributed by atoms with E-state index in [2.05, 4.69) is 11.4 Å². The lowest BCUT2D eigenvalue weighted by atomic mass is 9.96. The molecule has 2 aliphatic rings. The van der Waals surface area contributed by atoms with Crippen LogP contribution >= 0.6 is 0 Å². The number of amides is 2. The van der Waals surface area contributed by atoms with E-state index in [1.165, 1.54) is 24.8 Å². The fourth-order valence-corrected chi connectivity index (χ4v) is 3.17. The van der Waals surface area contributed by atoms with Crippen LogP contribution in [0.1, 0.15) is 58.8 Å². The molecule has 1 aliphatic heterocycles. The Morgan fingerprint density at radius 3 is 2.65 bits per heavy atom. The number of carbonyl (C=O) groups is 2. The largest absolute Gasteiger partial charge is 0.343 e. The van der Waals surface area contributed by atoms with Gasteiger partial charge in [-0.3, -0.25) is 9.59 Å². The van der Waals surface area contributed by atoms with Gasteiger partial charge >= 0.3 is 0 Å². The molecule has 1 aliphatic carbocycles. The Labute approximate surface area is 121 Å². The summed E-state index contributed by atoms with van der Waals surface area (Å²) in [5.74, 6) is 0.104. The Bertz CT molecular complexity index is 403. The van der Waals surface area contributed by atoms with Gasteiger partial charge in [0, 0.05) is 6.54 Å². The Morgan fingerprint density at radius 2 is 2.05 bits per heavy atom. The first-order chi connectivity index (χ1) is 9.67. The lowest BCUT2D eigenvalue weighted by Gasteiger charge is -2.38. The Kier molecular flexibility index (Phi) is 5.21. The molecule has 4 heteroatoms. The minimum Gasteiger partial charge on any atom is -0.343 e. The highest BCUT2D eigenvalue weighted by atomic mass is 16.2. The second kappa shape index (κ2) is 6.91. The number of carbonyl (C=O) groups excluding carboxylic acids is 2. The van der Waals surface area contributed by atoms with E-state index >= 15 is 0 Å². The van der Waals surface area contributed by atoms with Crippen molar-refractivity contribution in [3.63, 3.8) is 0 Å². The van der Waals surface area contributed by atoms with Gasteiger partial charge in [-0.25, -0.2) is 0 Å². The summed E-state index contributed by atoms with van der Waals surface area (Å²) in [5.41, 5.74) is 1.46. The van der Waals surface area contributed by atoms with Crippen molar-refractivity contribution >= 4 is 11.8 Å². The Balaban J connectivity index is 2.02. The minimum atomic E-state index is -0.328. The van der Waals surface area contributed by atoms with E-state index in [0.717, 1.165) is 12.8 Å². The Morgan fingerprint density at radius 1 is 1.25 bits per heavy atom. The molecule has 1 heterocycles. The number of allylic oxidation sites excluding steroid dienone is 1. The van der Waals surface area contributed by atoms with Crippen LogP contribution in [0.3, 0.4) is 0 Å². The lowest BCUT2D eigenvalue weighted by Crippen LogP contribution is -2.63. The van der Waals surface area contributed by atoms with Crippen molar-refractivity contribution < 1.29 is 9.59 Å². The van der Waals surface area contributed by atoms with E-state index in [4.69, 9.17) is 0 Å². The van der Waals surface area contributed by atoms with Gasteiger partial charge in [-0.15, -0.1) is 0 Å². The van der Waals surface area contributed by atoms with Crippen molar-refractivity contribution in [1.82, 2.24) is 10.2 Å². The Hall–Kier alpha value is -1.32. The first-order valence-electron chi connectivity index (χ1n) is 7.96. The van der Waals surface area contributed by atoms with Gasteiger partial charge in [0.2, 0.25) is 11.8 Å². The molecule has 0 radical (unpaired) electrons. The van der Waals surface area contributed by atoms with Crippen LogP contribution in [-0.2, 0) is 9.59 Å². The molecule has 1 fully saturated rings. The highest BCUT2D eigenvalue weighted by Crippen LogP contribution is 2.22. The molecule has 2 unspecified atom stereocenters. The number of hydrogen-bond acceptors (Lipinski definition) is 2. The maximum absolute atomic E-state index is 12.4. The fourth-order valence-electron chi connectivity index (χ4n) is 3.17. The standard InChI is InChI=1S/C16H26N2O2/c1-3-13-16(20)18(14(4-2)15(19)17-13)11-10-12-8-6-5-7-9-12/h8,13-14H,3-7,9-11H2,1-2H3,(H,17,19). The summed E-state index contributed by atoms with van der Waals surface area (Å²) in [6.45, 7) is 4.60. The molecule has 0 spiro atoms. The molecule has 2 atom stereocenters. The molecular weight excluding hydrogens is 252 g/mol. The summed E-state index contributed by atoms with van der Waals surface area (Å²) < 4.78 is 0. The molecule has 1 saturated heterocycles. The highest BCUT2D eigenvalue weighted by Gasteiger charge is 2.38. The number of nitrogens with one attached hydrogen (secondary N) is 1. The maximum atomic E-state index is 12.4. The van der Waals surface area contributed by atoms with Crippen LogP contribution < -0.4 is 5.32 Å². The average Bonchev–Trinajstić information content (AvgIpc) is 2.48. The molecule has 20 heavy (non-hydrogen) atoms. The molecule has 0 aromatic heterocycles.